The largest absolute Gasteiger partial charge is 0.476 e. The van der Waals surface area contributed by atoms with Gasteiger partial charge in [-0.25, -0.2) is 9.48 Å². The van der Waals surface area contributed by atoms with Gasteiger partial charge in [-0.3, -0.25) is 4.79 Å². The predicted molar refractivity (Wildman–Crippen MR) is 81.3 cm³/mol. The van der Waals surface area contributed by atoms with Crippen LogP contribution in [0, 0.1) is 0 Å². The van der Waals surface area contributed by atoms with E-state index in [0.717, 1.165) is 24.1 Å². The molecule has 1 aromatic carbocycles. The molecule has 3 rings (SSSR count). The zero-order valence-electron chi connectivity index (χ0n) is 12.4. The Morgan fingerprint density at radius 3 is 2.96 bits per heavy atom. The molecule has 0 bridgehead atoms. The monoisotopic (exact) mass is 315 g/mol. The molecule has 0 aliphatic carbocycles. The number of amides is 1. The van der Waals surface area contributed by atoms with E-state index in [0.29, 0.717) is 13.2 Å². The molecule has 23 heavy (non-hydrogen) atoms. The van der Waals surface area contributed by atoms with Crippen LogP contribution in [-0.4, -0.2) is 39.5 Å². The van der Waals surface area contributed by atoms with E-state index < -0.39 is 5.97 Å². The Kier molecular flexibility index (Phi) is 4.38. The molecule has 1 aliphatic rings. The number of aromatic nitrogens is 2. The Hall–Kier alpha value is -2.67. The van der Waals surface area contributed by atoms with Crippen LogP contribution in [0.1, 0.15) is 28.9 Å². The highest BCUT2D eigenvalue weighted by atomic mass is 16.5. The van der Waals surface area contributed by atoms with E-state index in [-0.39, 0.29) is 17.7 Å². The maximum absolute atomic E-state index is 11.9. The summed E-state index contributed by atoms with van der Waals surface area (Å²) >= 11 is 0. The van der Waals surface area contributed by atoms with E-state index in [9.17, 15) is 9.59 Å². The lowest BCUT2D eigenvalue weighted by Crippen LogP contribution is -2.33. The highest BCUT2D eigenvalue weighted by Gasteiger charge is 2.23. The summed E-state index contributed by atoms with van der Waals surface area (Å²) in [4.78, 5) is 22.8. The Bertz CT molecular complexity index is 720. The van der Waals surface area contributed by atoms with Crippen molar-refractivity contribution in [3.63, 3.8) is 0 Å². The number of carboxylic acid groups (broad SMARTS) is 1. The first-order chi connectivity index (χ1) is 11.1. The van der Waals surface area contributed by atoms with Gasteiger partial charge in [0.25, 0.3) is 0 Å². The zero-order chi connectivity index (χ0) is 16.2. The summed E-state index contributed by atoms with van der Waals surface area (Å²) in [6, 6.07) is 8.85. The van der Waals surface area contributed by atoms with Crippen molar-refractivity contribution in [2.24, 2.45) is 0 Å². The molecular weight excluding hydrogens is 298 g/mol. The average molecular weight is 315 g/mol. The maximum Gasteiger partial charge on any atom is 0.356 e. The first-order valence-corrected chi connectivity index (χ1v) is 7.41. The van der Waals surface area contributed by atoms with Crippen molar-refractivity contribution in [2.45, 2.75) is 25.5 Å². The molecule has 1 saturated heterocycles. The van der Waals surface area contributed by atoms with E-state index in [1.807, 2.05) is 24.3 Å². The van der Waals surface area contributed by atoms with Crippen molar-refractivity contribution >= 4 is 11.9 Å². The minimum atomic E-state index is -1.07. The van der Waals surface area contributed by atoms with Gasteiger partial charge in [-0.2, -0.15) is 5.10 Å². The number of hydrogen-bond donors (Lipinski definition) is 2. The molecule has 7 nitrogen and oxygen atoms in total. The molecular formula is C16H17N3O4. The third kappa shape index (κ3) is 3.57. The van der Waals surface area contributed by atoms with Crippen molar-refractivity contribution in [1.29, 1.82) is 0 Å². The third-order valence-corrected chi connectivity index (χ3v) is 3.67. The van der Waals surface area contributed by atoms with E-state index in [1.165, 1.54) is 10.7 Å². The van der Waals surface area contributed by atoms with Gasteiger partial charge in [-0.05, 0) is 36.6 Å². The van der Waals surface area contributed by atoms with Crippen LogP contribution in [0.5, 0.6) is 0 Å². The van der Waals surface area contributed by atoms with Crippen LogP contribution in [0.3, 0.4) is 0 Å². The van der Waals surface area contributed by atoms with Crippen LogP contribution in [0.4, 0.5) is 0 Å². The summed E-state index contributed by atoms with van der Waals surface area (Å²) in [5.74, 6) is -1.16. The van der Waals surface area contributed by atoms with Gasteiger partial charge in [-0.15, -0.1) is 0 Å². The molecule has 1 amide bonds. The number of aromatic carboxylic acids is 1. The van der Waals surface area contributed by atoms with Crippen LogP contribution in [-0.2, 0) is 16.1 Å². The van der Waals surface area contributed by atoms with Crippen LogP contribution in [0.2, 0.25) is 0 Å². The molecule has 2 heterocycles. The maximum atomic E-state index is 11.9. The van der Waals surface area contributed by atoms with Crippen molar-refractivity contribution in [1.82, 2.24) is 15.1 Å². The van der Waals surface area contributed by atoms with Crippen LogP contribution >= 0.6 is 0 Å². The third-order valence-electron chi connectivity index (χ3n) is 3.67. The Balaban J connectivity index is 1.67. The number of carbonyl (C=O) groups is 2. The second kappa shape index (κ2) is 6.62. The Morgan fingerprint density at radius 1 is 1.39 bits per heavy atom. The molecule has 1 aromatic heterocycles. The van der Waals surface area contributed by atoms with Gasteiger partial charge in [0.1, 0.15) is 6.10 Å². The minimum Gasteiger partial charge on any atom is -0.476 e. The quantitative estimate of drug-likeness (QED) is 0.869. The van der Waals surface area contributed by atoms with Gasteiger partial charge < -0.3 is 15.2 Å². The lowest BCUT2D eigenvalue weighted by molar-refractivity contribution is -0.130. The molecule has 1 aliphatic heterocycles. The Morgan fingerprint density at radius 2 is 2.26 bits per heavy atom. The van der Waals surface area contributed by atoms with Crippen LogP contribution < -0.4 is 5.32 Å². The molecule has 0 radical (unpaired) electrons. The van der Waals surface area contributed by atoms with Crippen LogP contribution in [0.15, 0.2) is 36.5 Å². The first kappa shape index (κ1) is 15.2. The summed E-state index contributed by atoms with van der Waals surface area (Å²) in [6.07, 6.45) is 2.92. The molecule has 1 atom stereocenters. The van der Waals surface area contributed by atoms with Gasteiger partial charge in [-0.1, -0.05) is 12.1 Å². The summed E-state index contributed by atoms with van der Waals surface area (Å²) in [5.41, 5.74) is 1.63. The van der Waals surface area contributed by atoms with E-state index >= 15 is 0 Å². The fourth-order valence-electron chi connectivity index (χ4n) is 2.48. The summed E-state index contributed by atoms with van der Waals surface area (Å²) in [5, 5.41) is 15.8. The van der Waals surface area contributed by atoms with Crippen molar-refractivity contribution in [2.75, 3.05) is 6.61 Å². The molecule has 120 valence electrons. The standard InChI is InChI=1S/C16H17N3O4/c20-15(14-5-2-8-23-14)17-10-11-3-1-4-12(9-11)19-7-6-13(18-19)16(21)22/h1,3-4,6-7,9,14H,2,5,8,10H2,(H,17,20)(H,21,22). The number of hydrogen-bond acceptors (Lipinski definition) is 4. The second-order valence-corrected chi connectivity index (χ2v) is 5.34. The SMILES string of the molecule is O=C(O)c1ccn(-c2cccc(CNC(=O)C3CCCO3)c2)n1. The smallest absolute Gasteiger partial charge is 0.356 e. The van der Waals surface area contributed by atoms with Gasteiger partial charge in [0, 0.05) is 19.3 Å². The molecule has 1 fully saturated rings. The highest BCUT2D eigenvalue weighted by Crippen LogP contribution is 2.13. The fourth-order valence-corrected chi connectivity index (χ4v) is 2.48. The zero-order valence-corrected chi connectivity index (χ0v) is 12.4. The molecule has 2 aromatic rings. The number of carbonyl (C=O) groups excluding carboxylic acids is 1. The average Bonchev–Trinajstić information content (AvgIpc) is 3.24. The fraction of sp³-hybridized carbons (Fsp3) is 0.312. The minimum absolute atomic E-state index is 0.0120. The van der Waals surface area contributed by atoms with E-state index in [1.54, 1.807) is 6.20 Å². The summed E-state index contributed by atoms with van der Waals surface area (Å²) in [6.45, 7) is 1.03. The number of carboxylic acids is 1. The van der Waals surface area contributed by atoms with Gasteiger partial charge >= 0.3 is 5.97 Å². The summed E-state index contributed by atoms with van der Waals surface area (Å²) < 4.78 is 6.83. The van der Waals surface area contributed by atoms with Crippen molar-refractivity contribution < 1.29 is 19.4 Å². The lowest BCUT2D eigenvalue weighted by Gasteiger charge is -2.11. The van der Waals surface area contributed by atoms with Crippen molar-refractivity contribution in [3.8, 4) is 5.69 Å². The van der Waals surface area contributed by atoms with E-state index in [2.05, 4.69) is 10.4 Å². The van der Waals surface area contributed by atoms with Gasteiger partial charge in [0.15, 0.2) is 5.69 Å². The molecule has 0 saturated carbocycles. The second-order valence-electron chi connectivity index (χ2n) is 5.34. The number of nitrogens with one attached hydrogen (secondary N) is 1. The summed E-state index contributed by atoms with van der Waals surface area (Å²) in [7, 11) is 0. The molecule has 1 unspecified atom stereocenters. The van der Waals surface area contributed by atoms with Crippen LogP contribution in [0.25, 0.3) is 5.69 Å². The predicted octanol–water partition coefficient (Wildman–Crippen LogP) is 1.37. The van der Waals surface area contributed by atoms with Gasteiger partial charge in [0.2, 0.25) is 5.91 Å². The van der Waals surface area contributed by atoms with Gasteiger partial charge in [0.05, 0.1) is 5.69 Å². The number of benzene rings is 1. The topological polar surface area (TPSA) is 93.5 Å². The Labute approximate surface area is 132 Å². The molecule has 2 N–H and O–H groups in total. The first-order valence-electron chi connectivity index (χ1n) is 7.41. The van der Waals surface area contributed by atoms with Crippen molar-refractivity contribution in [3.05, 3.63) is 47.8 Å². The highest BCUT2D eigenvalue weighted by molar-refractivity contribution is 5.85. The lowest BCUT2D eigenvalue weighted by atomic mass is 10.2. The number of nitrogens with zero attached hydrogens (tertiary/aromatic N) is 2. The van der Waals surface area contributed by atoms with E-state index in [4.69, 9.17) is 9.84 Å². The molecule has 7 heteroatoms. The molecule has 0 spiro atoms. The number of rotatable bonds is 5. The normalized spacial score (nSPS) is 17.1. The number of ether oxygens (including phenoxy) is 1.